The number of carbonyl (C=O) groups is 2. The third kappa shape index (κ3) is 7.62. The van der Waals surface area contributed by atoms with E-state index in [9.17, 15) is 14.0 Å². The maximum atomic E-state index is 12.9. The van der Waals surface area contributed by atoms with E-state index < -0.39 is 11.7 Å². The average molecular weight is 444 g/mol. The van der Waals surface area contributed by atoms with Crippen molar-refractivity contribution >= 4 is 11.8 Å². The molecule has 7 nitrogen and oxygen atoms in total. The summed E-state index contributed by atoms with van der Waals surface area (Å²) in [5.74, 6) is -0.412. The van der Waals surface area contributed by atoms with Crippen LogP contribution in [0.5, 0.6) is 5.75 Å². The number of carbonyl (C=O) groups excluding carboxylic acids is 2. The van der Waals surface area contributed by atoms with Gasteiger partial charge in [0.1, 0.15) is 18.2 Å². The molecule has 3 rings (SSSR count). The number of halogens is 1. The van der Waals surface area contributed by atoms with Crippen LogP contribution >= 0.6 is 0 Å². The van der Waals surface area contributed by atoms with E-state index in [0.717, 1.165) is 43.9 Å². The molecule has 0 spiro atoms. The van der Waals surface area contributed by atoms with Crippen LogP contribution in [-0.2, 0) is 16.1 Å². The molecule has 1 aliphatic heterocycles. The summed E-state index contributed by atoms with van der Waals surface area (Å²) in [6, 6.07) is 13.3. The molecule has 1 saturated heterocycles. The molecule has 32 heavy (non-hydrogen) atoms. The van der Waals surface area contributed by atoms with Crippen molar-refractivity contribution in [1.29, 1.82) is 0 Å². The fraction of sp³-hybridized carbons (Fsp3) is 0.417. The minimum absolute atomic E-state index is 0.162. The molecule has 1 fully saturated rings. The number of likely N-dealkylation sites (N-methyl/N-ethyl adjacent to an activating group) is 1. The summed E-state index contributed by atoms with van der Waals surface area (Å²) in [6.45, 7) is 3.22. The molecule has 2 N–H and O–H groups in total. The van der Waals surface area contributed by atoms with Gasteiger partial charge in [0.25, 0.3) is 5.91 Å². The minimum atomic E-state index is -0.429. The first-order chi connectivity index (χ1) is 15.5. The second-order valence-corrected chi connectivity index (χ2v) is 7.79. The Kier molecular flexibility index (Phi) is 9.01. The number of nitrogens with zero attached hydrogens (tertiary/aromatic N) is 1. The van der Waals surface area contributed by atoms with Crippen LogP contribution in [0.3, 0.4) is 0 Å². The number of ether oxygens (including phenoxy) is 2. The van der Waals surface area contributed by atoms with Crippen LogP contribution in [0.25, 0.3) is 0 Å². The summed E-state index contributed by atoms with van der Waals surface area (Å²) in [5.41, 5.74) is 1.20. The average Bonchev–Trinajstić information content (AvgIpc) is 2.82. The Balaban J connectivity index is 1.37. The van der Waals surface area contributed by atoms with Crippen molar-refractivity contribution < 1.29 is 23.5 Å². The third-order valence-corrected chi connectivity index (χ3v) is 5.43. The maximum Gasteiger partial charge on any atom is 0.251 e. The number of rotatable bonds is 10. The van der Waals surface area contributed by atoms with Gasteiger partial charge in [0, 0.05) is 37.9 Å². The van der Waals surface area contributed by atoms with Crippen molar-refractivity contribution in [3.8, 4) is 5.75 Å². The molecule has 0 unspecified atom stereocenters. The van der Waals surface area contributed by atoms with E-state index in [1.165, 1.54) is 24.3 Å². The summed E-state index contributed by atoms with van der Waals surface area (Å²) in [5, 5.41) is 5.29. The molecule has 0 atom stereocenters. The zero-order valence-electron chi connectivity index (χ0n) is 18.3. The predicted octanol–water partition coefficient (Wildman–Crippen LogP) is 2.36. The molecule has 0 radical (unpaired) electrons. The van der Waals surface area contributed by atoms with E-state index in [2.05, 4.69) is 22.6 Å². The van der Waals surface area contributed by atoms with Crippen molar-refractivity contribution in [2.24, 2.45) is 0 Å². The Morgan fingerprint density at radius 2 is 1.88 bits per heavy atom. The molecule has 0 aromatic heterocycles. The second kappa shape index (κ2) is 12.2. The Morgan fingerprint density at radius 3 is 2.62 bits per heavy atom. The zero-order valence-corrected chi connectivity index (χ0v) is 18.3. The van der Waals surface area contributed by atoms with Gasteiger partial charge in [-0.05, 0) is 61.9 Å². The van der Waals surface area contributed by atoms with Gasteiger partial charge in [0.15, 0.2) is 0 Å². The van der Waals surface area contributed by atoms with E-state index in [-0.39, 0.29) is 12.5 Å². The van der Waals surface area contributed by atoms with Crippen LogP contribution in [0.1, 0.15) is 28.8 Å². The fourth-order valence-corrected chi connectivity index (χ4v) is 3.49. The highest BCUT2D eigenvalue weighted by Crippen LogP contribution is 2.15. The van der Waals surface area contributed by atoms with E-state index in [0.29, 0.717) is 24.8 Å². The molecule has 0 bridgehead atoms. The topological polar surface area (TPSA) is 79.9 Å². The van der Waals surface area contributed by atoms with Crippen LogP contribution in [0.15, 0.2) is 48.5 Å². The first-order valence-electron chi connectivity index (χ1n) is 10.8. The van der Waals surface area contributed by atoms with Crippen LogP contribution in [0.2, 0.25) is 0 Å². The number of benzene rings is 2. The van der Waals surface area contributed by atoms with Crippen molar-refractivity contribution in [2.45, 2.75) is 25.4 Å². The molecule has 2 amide bonds. The molecule has 0 saturated carbocycles. The van der Waals surface area contributed by atoms with E-state index in [1.807, 2.05) is 24.3 Å². The Hall–Kier alpha value is -2.97. The maximum absolute atomic E-state index is 12.9. The van der Waals surface area contributed by atoms with Crippen molar-refractivity contribution in [2.75, 3.05) is 40.0 Å². The smallest absolute Gasteiger partial charge is 0.251 e. The number of amides is 2. The van der Waals surface area contributed by atoms with Gasteiger partial charge in [0.2, 0.25) is 5.91 Å². The van der Waals surface area contributed by atoms with Gasteiger partial charge >= 0.3 is 0 Å². The van der Waals surface area contributed by atoms with Gasteiger partial charge in [-0.15, -0.1) is 0 Å². The molecular formula is C24H30FN3O4. The van der Waals surface area contributed by atoms with Crippen LogP contribution in [-0.4, -0.2) is 62.7 Å². The molecule has 2 aromatic rings. The van der Waals surface area contributed by atoms with Gasteiger partial charge in [-0.25, -0.2) is 4.39 Å². The number of hydrogen-bond donors (Lipinski definition) is 2. The van der Waals surface area contributed by atoms with Crippen LogP contribution < -0.4 is 15.4 Å². The number of nitrogens with one attached hydrogen (secondary N) is 2. The zero-order chi connectivity index (χ0) is 22.8. The normalized spacial score (nSPS) is 14.2. The minimum Gasteiger partial charge on any atom is -0.492 e. The van der Waals surface area contributed by atoms with E-state index in [4.69, 9.17) is 9.47 Å². The van der Waals surface area contributed by atoms with Gasteiger partial charge < -0.3 is 20.1 Å². The number of hydrogen-bond acceptors (Lipinski definition) is 5. The molecule has 8 heteroatoms. The third-order valence-electron chi connectivity index (χ3n) is 5.43. The first-order valence-corrected chi connectivity index (χ1v) is 10.8. The Labute approximate surface area is 187 Å². The summed E-state index contributed by atoms with van der Waals surface area (Å²) < 4.78 is 24.2. The molecule has 172 valence electrons. The lowest BCUT2D eigenvalue weighted by Crippen LogP contribution is -2.38. The molecule has 1 heterocycles. The standard InChI is InChI=1S/C24H30FN3O4/c1-28(21-9-12-31-13-10-21)11-14-32-22-4-2-3-18(15-22)16-26-23(29)17-27-24(30)19-5-7-20(25)8-6-19/h2-8,15,21H,9-14,16-17H2,1H3,(H,26,29)(H,27,30). The molecular weight excluding hydrogens is 413 g/mol. The highest BCUT2D eigenvalue weighted by Gasteiger charge is 2.18. The van der Waals surface area contributed by atoms with Crippen LogP contribution in [0, 0.1) is 5.82 Å². The van der Waals surface area contributed by atoms with E-state index >= 15 is 0 Å². The lowest BCUT2D eigenvalue weighted by molar-refractivity contribution is -0.120. The SMILES string of the molecule is CN(CCOc1cccc(CNC(=O)CNC(=O)c2ccc(F)cc2)c1)C1CCOCC1. The Bertz CT molecular complexity index is 885. The van der Waals surface area contributed by atoms with Gasteiger partial charge in [0.05, 0.1) is 6.54 Å². The summed E-state index contributed by atoms with van der Waals surface area (Å²) in [7, 11) is 2.11. The van der Waals surface area contributed by atoms with Gasteiger partial charge in [-0.3, -0.25) is 14.5 Å². The van der Waals surface area contributed by atoms with E-state index in [1.54, 1.807) is 0 Å². The van der Waals surface area contributed by atoms with Gasteiger partial charge in [-0.2, -0.15) is 0 Å². The van der Waals surface area contributed by atoms with Crippen molar-refractivity contribution in [3.63, 3.8) is 0 Å². The molecule has 2 aromatic carbocycles. The predicted molar refractivity (Wildman–Crippen MR) is 119 cm³/mol. The molecule has 0 aliphatic carbocycles. The quantitative estimate of drug-likeness (QED) is 0.589. The largest absolute Gasteiger partial charge is 0.492 e. The highest BCUT2D eigenvalue weighted by atomic mass is 19.1. The van der Waals surface area contributed by atoms with Crippen molar-refractivity contribution in [3.05, 3.63) is 65.5 Å². The monoisotopic (exact) mass is 443 g/mol. The lowest BCUT2D eigenvalue weighted by Gasteiger charge is -2.31. The Morgan fingerprint density at radius 1 is 1.12 bits per heavy atom. The molecule has 1 aliphatic rings. The second-order valence-electron chi connectivity index (χ2n) is 7.79. The first kappa shape index (κ1) is 23.7. The summed E-state index contributed by atoms with van der Waals surface area (Å²) >= 11 is 0. The summed E-state index contributed by atoms with van der Waals surface area (Å²) in [4.78, 5) is 26.4. The highest BCUT2D eigenvalue weighted by molar-refractivity contribution is 5.96. The summed E-state index contributed by atoms with van der Waals surface area (Å²) in [6.07, 6.45) is 2.10. The lowest BCUT2D eigenvalue weighted by atomic mass is 10.1. The van der Waals surface area contributed by atoms with Crippen LogP contribution in [0.4, 0.5) is 4.39 Å². The van der Waals surface area contributed by atoms with Crippen molar-refractivity contribution in [1.82, 2.24) is 15.5 Å². The van der Waals surface area contributed by atoms with Gasteiger partial charge in [-0.1, -0.05) is 12.1 Å². The fourth-order valence-electron chi connectivity index (χ4n) is 3.49.